The maximum Gasteiger partial charge on any atom is 0.224 e. The van der Waals surface area contributed by atoms with Gasteiger partial charge < -0.3 is 20.5 Å². The fraction of sp³-hybridized carbons (Fsp3) is 0.533. The normalized spacial score (nSPS) is 23.9. The molecule has 1 saturated carbocycles. The molecule has 0 saturated heterocycles. The maximum absolute atomic E-state index is 12.1. The van der Waals surface area contributed by atoms with Crippen LogP contribution in [0.2, 0.25) is 5.02 Å². The van der Waals surface area contributed by atoms with Crippen LogP contribution in [0.25, 0.3) is 0 Å². The molecule has 1 amide bonds. The number of halogens is 1. The van der Waals surface area contributed by atoms with Crippen LogP contribution in [0.5, 0.6) is 11.5 Å². The molecule has 0 aromatic heterocycles. The van der Waals surface area contributed by atoms with Crippen molar-refractivity contribution >= 4 is 23.2 Å². The average Bonchev–Trinajstić information content (AvgIpc) is 2.85. The average molecular weight is 311 g/mol. The van der Waals surface area contributed by atoms with Crippen LogP contribution in [0.3, 0.4) is 0 Å². The highest BCUT2D eigenvalue weighted by molar-refractivity contribution is 6.34. The van der Waals surface area contributed by atoms with Crippen LogP contribution in [0, 0.1) is 5.92 Å². The molecule has 2 atom stereocenters. The van der Waals surface area contributed by atoms with Gasteiger partial charge in [-0.1, -0.05) is 18.0 Å². The Balaban J connectivity index is 1.68. The van der Waals surface area contributed by atoms with E-state index in [1.165, 1.54) is 0 Å². The summed E-state index contributed by atoms with van der Waals surface area (Å²) >= 11 is 6.18. The molecule has 2 aliphatic rings. The van der Waals surface area contributed by atoms with Gasteiger partial charge in [-0.3, -0.25) is 4.79 Å². The number of anilines is 1. The summed E-state index contributed by atoms with van der Waals surface area (Å²) in [5.41, 5.74) is 6.55. The highest BCUT2D eigenvalue weighted by atomic mass is 35.5. The number of carbonyl (C=O) groups is 1. The largest absolute Gasteiger partial charge is 0.486 e. The van der Waals surface area contributed by atoms with Gasteiger partial charge >= 0.3 is 0 Å². The van der Waals surface area contributed by atoms with Gasteiger partial charge in [-0.25, -0.2) is 0 Å². The number of nitrogens with one attached hydrogen (secondary N) is 1. The quantitative estimate of drug-likeness (QED) is 0.900. The molecular weight excluding hydrogens is 292 g/mol. The summed E-state index contributed by atoms with van der Waals surface area (Å²) in [6.07, 6.45) is 3.56. The molecule has 1 fully saturated rings. The minimum absolute atomic E-state index is 0.0593. The van der Waals surface area contributed by atoms with Crippen molar-refractivity contribution in [3.05, 3.63) is 17.2 Å². The fourth-order valence-corrected chi connectivity index (χ4v) is 3.12. The van der Waals surface area contributed by atoms with Crippen LogP contribution < -0.4 is 20.5 Å². The van der Waals surface area contributed by atoms with E-state index in [-0.39, 0.29) is 17.9 Å². The van der Waals surface area contributed by atoms with E-state index in [0.717, 1.165) is 19.3 Å². The summed E-state index contributed by atoms with van der Waals surface area (Å²) in [5.74, 6) is 1.43. The van der Waals surface area contributed by atoms with Gasteiger partial charge in [0.05, 0.1) is 10.7 Å². The number of hydrogen-bond acceptors (Lipinski definition) is 4. The van der Waals surface area contributed by atoms with Crippen molar-refractivity contribution in [1.82, 2.24) is 0 Å². The van der Waals surface area contributed by atoms with E-state index in [1.807, 2.05) is 0 Å². The Morgan fingerprint density at radius 3 is 2.67 bits per heavy atom. The van der Waals surface area contributed by atoms with Gasteiger partial charge in [-0.15, -0.1) is 0 Å². The van der Waals surface area contributed by atoms with Gasteiger partial charge in [-0.05, 0) is 18.8 Å². The predicted octanol–water partition coefficient (Wildman–Crippen LogP) is 2.57. The van der Waals surface area contributed by atoms with Gasteiger partial charge in [-0.2, -0.15) is 0 Å². The van der Waals surface area contributed by atoms with Crippen LogP contribution in [-0.4, -0.2) is 25.2 Å². The topological polar surface area (TPSA) is 73.6 Å². The molecule has 1 aliphatic carbocycles. The zero-order valence-corrected chi connectivity index (χ0v) is 12.5. The zero-order chi connectivity index (χ0) is 14.8. The molecule has 1 aromatic rings. The van der Waals surface area contributed by atoms with Crippen LogP contribution in [-0.2, 0) is 4.79 Å². The van der Waals surface area contributed by atoms with E-state index in [2.05, 4.69) is 5.32 Å². The Kier molecular flexibility index (Phi) is 4.22. The Morgan fingerprint density at radius 1 is 1.29 bits per heavy atom. The summed E-state index contributed by atoms with van der Waals surface area (Å²) in [4.78, 5) is 12.1. The number of carbonyl (C=O) groups excluding carboxylic acids is 1. The molecule has 0 radical (unpaired) electrons. The fourth-order valence-electron chi connectivity index (χ4n) is 2.92. The van der Waals surface area contributed by atoms with E-state index >= 15 is 0 Å². The molecule has 3 rings (SSSR count). The minimum atomic E-state index is -0.0593. The zero-order valence-electron chi connectivity index (χ0n) is 11.7. The summed E-state index contributed by atoms with van der Waals surface area (Å²) in [6.45, 7) is 1.01. The first kappa shape index (κ1) is 14.5. The number of nitrogens with two attached hydrogens (primary N) is 1. The SMILES string of the molecule is N[C@@H]1CCC[C@H]1CC(=O)Nc1cc2c(cc1Cl)OCCO2. The monoisotopic (exact) mass is 310 g/mol. The highest BCUT2D eigenvalue weighted by Crippen LogP contribution is 2.38. The molecule has 1 aromatic carbocycles. The lowest BCUT2D eigenvalue weighted by molar-refractivity contribution is -0.117. The first-order chi connectivity index (χ1) is 10.1. The van der Waals surface area contributed by atoms with Gasteiger partial charge in [0.1, 0.15) is 13.2 Å². The standard InChI is InChI=1S/C15H19ClN2O3/c16-10-7-13-14(21-5-4-20-13)8-12(10)18-15(19)6-9-2-1-3-11(9)17/h7-9,11H,1-6,17H2,(H,18,19)/t9-,11+/m0/s1. The molecule has 21 heavy (non-hydrogen) atoms. The number of rotatable bonds is 3. The van der Waals surface area contributed by atoms with Crippen LogP contribution in [0.1, 0.15) is 25.7 Å². The first-order valence-corrected chi connectivity index (χ1v) is 7.66. The second-order valence-electron chi connectivity index (χ2n) is 5.58. The van der Waals surface area contributed by atoms with E-state index in [1.54, 1.807) is 12.1 Å². The molecule has 0 spiro atoms. The third-order valence-electron chi connectivity index (χ3n) is 4.07. The molecule has 5 nitrogen and oxygen atoms in total. The van der Waals surface area contributed by atoms with E-state index in [9.17, 15) is 4.79 Å². The highest BCUT2D eigenvalue weighted by Gasteiger charge is 2.26. The van der Waals surface area contributed by atoms with E-state index in [0.29, 0.717) is 41.8 Å². The Bertz CT molecular complexity index is 550. The van der Waals surface area contributed by atoms with Gasteiger partial charge in [0.25, 0.3) is 0 Å². The maximum atomic E-state index is 12.1. The van der Waals surface area contributed by atoms with Crippen molar-refractivity contribution < 1.29 is 14.3 Å². The molecular formula is C15H19ClN2O3. The molecule has 0 bridgehead atoms. The Labute approximate surface area is 128 Å². The van der Waals surface area contributed by atoms with Crippen molar-refractivity contribution in [3.8, 4) is 11.5 Å². The number of benzene rings is 1. The van der Waals surface area contributed by atoms with Gasteiger partial charge in [0, 0.05) is 24.6 Å². The molecule has 114 valence electrons. The lowest BCUT2D eigenvalue weighted by Gasteiger charge is -2.20. The smallest absolute Gasteiger partial charge is 0.224 e. The summed E-state index contributed by atoms with van der Waals surface area (Å²) in [6, 6.07) is 3.52. The first-order valence-electron chi connectivity index (χ1n) is 7.28. The lowest BCUT2D eigenvalue weighted by atomic mass is 10.00. The molecule has 1 heterocycles. The second kappa shape index (κ2) is 6.12. The van der Waals surface area contributed by atoms with Crippen molar-refractivity contribution in [2.45, 2.75) is 31.7 Å². The van der Waals surface area contributed by atoms with Crippen LogP contribution in [0.15, 0.2) is 12.1 Å². The van der Waals surface area contributed by atoms with E-state index < -0.39 is 0 Å². The Morgan fingerprint density at radius 2 is 2.00 bits per heavy atom. The molecule has 0 unspecified atom stereocenters. The number of fused-ring (bicyclic) bond motifs is 1. The van der Waals surface area contributed by atoms with Crippen LogP contribution >= 0.6 is 11.6 Å². The number of ether oxygens (including phenoxy) is 2. The van der Waals surface area contributed by atoms with Gasteiger partial charge in [0.2, 0.25) is 5.91 Å². The van der Waals surface area contributed by atoms with Crippen molar-refractivity contribution in [1.29, 1.82) is 0 Å². The summed E-state index contributed by atoms with van der Waals surface area (Å²) in [5, 5.41) is 3.29. The minimum Gasteiger partial charge on any atom is -0.486 e. The van der Waals surface area contributed by atoms with Gasteiger partial charge in [0.15, 0.2) is 11.5 Å². The van der Waals surface area contributed by atoms with Crippen molar-refractivity contribution in [2.75, 3.05) is 18.5 Å². The predicted molar refractivity (Wildman–Crippen MR) is 81.0 cm³/mol. The lowest BCUT2D eigenvalue weighted by Crippen LogP contribution is -2.28. The van der Waals surface area contributed by atoms with Crippen molar-refractivity contribution in [2.24, 2.45) is 11.7 Å². The molecule has 1 aliphatic heterocycles. The summed E-state index contributed by atoms with van der Waals surface area (Å²) < 4.78 is 10.9. The molecule has 3 N–H and O–H groups in total. The van der Waals surface area contributed by atoms with E-state index in [4.69, 9.17) is 26.8 Å². The second-order valence-corrected chi connectivity index (χ2v) is 5.99. The number of amides is 1. The molecule has 6 heteroatoms. The third kappa shape index (κ3) is 3.24. The summed E-state index contributed by atoms with van der Waals surface area (Å²) in [7, 11) is 0. The van der Waals surface area contributed by atoms with Crippen molar-refractivity contribution in [3.63, 3.8) is 0 Å². The number of hydrogen-bond donors (Lipinski definition) is 2. The third-order valence-corrected chi connectivity index (χ3v) is 4.38. The Hall–Kier alpha value is -1.46. The van der Waals surface area contributed by atoms with Crippen LogP contribution in [0.4, 0.5) is 5.69 Å².